The van der Waals surface area contributed by atoms with Gasteiger partial charge >= 0.3 is 0 Å². The van der Waals surface area contributed by atoms with Crippen molar-refractivity contribution in [3.05, 3.63) is 42.0 Å². The summed E-state index contributed by atoms with van der Waals surface area (Å²) in [6.45, 7) is 5.09. The largest absolute Gasteiger partial charge is 0.496 e. The van der Waals surface area contributed by atoms with Crippen LogP contribution in [0, 0.1) is 0 Å². The number of piperazine rings is 1. The predicted octanol–water partition coefficient (Wildman–Crippen LogP) is 2.18. The molecule has 1 fully saturated rings. The van der Waals surface area contributed by atoms with Crippen molar-refractivity contribution < 1.29 is 9.84 Å². The standard InChI is InChI=1S/C18H24N2O2/c1-22-17-7-6-14-4-2-3-5-15(14)18(17)16(21)8-11-20-12-9-19-10-13-20/h2-7,16,19,21H,8-13H2,1H3. The molecule has 0 bridgehead atoms. The number of nitrogens with one attached hydrogen (secondary N) is 1. The molecule has 0 radical (unpaired) electrons. The summed E-state index contributed by atoms with van der Waals surface area (Å²) in [7, 11) is 1.66. The first-order valence-corrected chi connectivity index (χ1v) is 7.96. The van der Waals surface area contributed by atoms with Crippen LogP contribution in [0.2, 0.25) is 0 Å². The normalized spacial score (nSPS) is 17.5. The molecule has 118 valence electrons. The van der Waals surface area contributed by atoms with Gasteiger partial charge < -0.3 is 20.1 Å². The topological polar surface area (TPSA) is 44.7 Å². The minimum Gasteiger partial charge on any atom is -0.496 e. The van der Waals surface area contributed by atoms with Crippen molar-refractivity contribution in [1.29, 1.82) is 0 Å². The van der Waals surface area contributed by atoms with E-state index in [1.54, 1.807) is 7.11 Å². The molecule has 3 rings (SSSR count). The van der Waals surface area contributed by atoms with E-state index in [1.165, 1.54) is 0 Å². The average Bonchev–Trinajstić information content (AvgIpc) is 2.59. The van der Waals surface area contributed by atoms with Crippen molar-refractivity contribution in [3.63, 3.8) is 0 Å². The number of nitrogens with zero attached hydrogens (tertiary/aromatic N) is 1. The van der Waals surface area contributed by atoms with E-state index in [1.807, 2.05) is 24.3 Å². The molecule has 0 aliphatic carbocycles. The van der Waals surface area contributed by atoms with Crippen molar-refractivity contribution in [2.24, 2.45) is 0 Å². The van der Waals surface area contributed by atoms with Gasteiger partial charge in [-0.25, -0.2) is 0 Å². The number of methoxy groups -OCH3 is 1. The van der Waals surface area contributed by atoms with Crippen molar-refractivity contribution in [2.45, 2.75) is 12.5 Å². The summed E-state index contributed by atoms with van der Waals surface area (Å²) in [5.41, 5.74) is 0.913. The molecule has 4 nitrogen and oxygen atoms in total. The zero-order chi connectivity index (χ0) is 15.4. The molecule has 1 aliphatic heterocycles. The summed E-state index contributed by atoms with van der Waals surface area (Å²) < 4.78 is 5.48. The zero-order valence-corrected chi connectivity index (χ0v) is 13.1. The molecule has 1 heterocycles. The van der Waals surface area contributed by atoms with Gasteiger partial charge in [0.1, 0.15) is 5.75 Å². The van der Waals surface area contributed by atoms with Gasteiger partial charge in [0.05, 0.1) is 13.2 Å². The van der Waals surface area contributed by atoms with Gasteiger partial charge in [0.15, 0.2) is 0 Å². The zero-order valence-electron chi connectivity index (χ0n) is 13.1. The molecule has 22 heavy (non-hydrogen) atoms. The summed E-state index contributed by atoms with van der Waals surface area (Å²) >= 11 is 0. The molecule has 4 heteroatoms. The highest BCUT2D eigenvalue weighted by molar-refractivity contribution is 5.88. The first-order chi connectivity index (χ1) is 10.8. The van der Waals surface area contributed by atoms with Crippen LogP contribution >= 0.6 is 0 Å². The minimum atomic E-state index is -0.504. The lowest BCUT2D eigenvalue weighted by Gasteiger charge is -2.28. The summed E-state index contributed by atoms with van der Waals surface area (Å²) in [6.07, 6.45) is 0.223. The highest BCUT2D eigenvalue weighted by Gasteiger charge is 2.18. The van der Waals surface area contributed by atoms with Crippen molar-refractivity contribution in [3.8, 4) is 5.75 Å². The maximum absolute atomic E-state index is 10.7. The highest BCUT2D eigenvalue weighted by atomic mass is 16.5. The van der Waals surface area contributed by atoms with Gasteiger partial charge in [-0.2, -0.15) is 0 Å². The number of fused-ring (bicyclic) bond motifs is 1. The Bertz CT molecular complexity index is 624. The van der Waals surface area contributed by atoms with Crippen LogP contribution < -0.4 is 10.1 Å². The lowest BCUT2D eigenvalue weighted by molar-refractivity contribution is 0.135. The molecule has 0 amide bonds. The summed E-state index contributed by atoms with van der Waals surface area (Å²) in [5, 5.41) is 16.3. The van der Waals surface area contributed by atoms with Gasteiger partial charge in [0.2, 0.25) is 0 Å². The van der Waals surface area contributed by atoms with Crippen LogP contribution in [0.15, 0.2) is 36.4 Å². The second-order valence-electron chi connectivity index (χ2n) is 5.80. The smallest absolute Gasteiger partial charge is 0.125 e. The van der Waals surface area contributed by atoms with E-state index in [9.17, 15) is 5.11 Å². The molecule has 2 aromatic rings. The van der Waals surface area contributed by atoms with E-state index in [-0.39, 0.29) is 0 Å². The third kappa shape index (κ3) is 3.24. The number of hydrogen-bond donors (Lipinski definition) is 2. The molecule has 0 spiro atoms. The first kappa shape index (κ1) is 15.3. The summed E-state index contributed by atoms with van der Waals surface area (Å²) in [6, 6.07) is 12.1. The average molecular weight is 300 g/mol. The lowest BCUT2D eigenvalue weighted by Crippen LogP contribution is -2.44. The van der Waals surface area contributed by atoms with E-state index in [0.717, 1.165) is 61.2 Å². The highest BCUT2D eigenvalue weighted by Crippen LogP contribution is 2.34. The molecular formula is C18H24N2O2. The van der Waals surface area contributed by atoms with E-state index < -0.39 is 6.10 Å². The Morgan fingerprint density at radius 1 is 1.18 bits per heavy atom. The van der Waals surface area contributed by atoms with Crippen molar-refractivity contribution >= 4 is 10.8 Å². The van der Waals surface area contributed by atoms with Gasteiger partial charge in [0.25, 0.3) is 0 Å². The Labute approximate surface area is 131 Å². The number of hydrogen-bond acceptors (Lipinski definition) is 4. The first-order valence-electron chi connectivity index (χ1n) is 7.96. The molecule has 1 aliphatic rings. The van der Waals surface area contributed by atoms with Crippen LogP contribution in [-0.2, 0) is 0 Å². The number of aliphatic hydroxyl groups excluding tert-OH is 1. The van der Waals surface area contributed by atoms with E-state index in [0.29, 0.717) is 0 Å². The quantitative estimate of drug-likeness (QED) is 0.888. The van der Waals surface area contributed by atoms with Gasteiger partial charge in [-0.05, 0) is 23.3 Å². The second-order valence-corrected chi connectivity index (χ2v) is 5.80. The van der Waals surface area contributed by atoms with Crippen molar-refractivity contribution in [2.75, 3.05) is 39.8 Å². The van der Waals surface area contributed by atoms with Gasteiger partial charge in [-0.15, -0.1) is 0 Å². The monoisotopic (exact) mass is 300 g/mol. The van der Waals surface area contributed by atoms with Crippen LogP contribution in [0.25, 0.3) is 10.8 Å². The number of aliphatic hydroxyl groups is 1. The van der Waals surface area contributed by atoms with Crippen LogP contribution in [0.3, 0.4) is 0 Å². The van der Waals surface area contributed by atoms with Crippen molar-refractivity contribution in [1.82, 2.24) is 10.2 Å². The van der Waals surface area contributed by atoms with Crippen LogP contribution in [-0.4, -0.2) is 49.8 Å². The molecule has 0 saturated carbocycles. The van der Waals surface area contributed by atoms with Crippen LogP contribution in [0.1, 0.15) is 18.1 Å². The van der Waals surface area contributed by atoms with Gasteiger partial charge in [-0.1, -0.05) is 30.3 Å². The minimum absolute atomic E-state index is 0.504. The number of rotatable bonds is 5. The van der Waals surface area contributed by atoms with Gasteiger partial charge in [0, 0.05) is 38.3 Å². The number of benzene rings is 2. The third-order valence-corrected chi connectivity index (χ3v) is 4.41. The molecule has 1 unspecified atom stereocenters. The van der Waals surface area contributed by atoms with Crippen LogP contribution in [0.5, 0.6) is 5.75 Å². The molecular weight excluding hydrogens is 276 g/mol. The molecule has 2 N–H and O–H groups in total. The maximum Gasteiger partial charge on any atom is 0.125 e. The summed E-state index contributed by atoms with van der Waals surface area (Å²) in [5.74, 6) is 0.770. The molecule has 1 atom stereocenters. The second kappa shape index (κ2) is 7.09. The van der Waals surface area contributed by atoms with E-state index >= 15 is 0 Å². The van der Waals surface area contributed by atoms with E-state index in [2.05, 4.69) is 22.3 Å². The Morgan fingerprint density at radius 2 is 1.95 bits per heavy atom. The molecule has 0 aromatic heterocycles. The lowest BCUT2D eigenvalue weighted by atomic mass is 9.97. The SMILES string of the molecule is COc1ccc2ccccc2c1C(O)CCN1CCNCC1. The van der Waals surface area contributed by atoms with Gasteiger partial charge in [-0.3, -0.25) is 0 Å². The fourth-order valence-corrected chi connectivity index (χ4v) is 3.18. The molecule has 1 saturated heterocycles. The Balaban J connectivity index is 1.81. The predicted molar refractivity (Wildman–Crippen MR) is 89.4 cm³/mol. The Morgan fingerprint density at radius 3 is 2.73 bits per heavy atom. The fourth-order valence-electron chi connectivity index (χ4n) is 3.18. The summed E-state index contributed by atoms with van der Waals surface area (Å²) in [4.78, 5) is 2.40. The fraction of sp³-hybridized carbons (Fsp3) is 0.444. The van der Waals surface area contributed by atoms with Crippen LogP contribution in [0.4, 0.5) is 0 Å². The number of ether oxygens (including phenoxy) is 1. The third-order valence-electron chi connectivity index (χ3n) is 4.41. The molecule has 2 aromatic carbocycles. The Hall–Kier alpha value is -1.62. The Kier molecular flexibility index (Phi) is 4.93. The van der Waals surface area contributed by atoms with E-state index in [4.69, 9.17) is 4.74 Å². The maximum atomic E-state index is 10.7.